The molecule has 0 atom stereocenters. The largest absolute Gasteiger partial charge is 0.358 e. The first kappa shape index (κ1) is 15.5. The fourth-order valence-corrected chi connectivity index (χ4v) is 1.93. The summed E-state index contributed by atoms with van der Waals surface area (Å²) < 4.78 is 0. The predicted molar refractivity (Wildman–Crippen MR) is 77.1 cm³/mol. The summed E-state index contributed by atoms with van der Waals surface area (Å²) in [7, 11) is 0. The number of anilines is 2. The standard InChI is InChI=1S/C15H13N2.CH3.Ir/c1-3-7-14(8-4-1)16-11-12-17(13-16)15-9-5-2-6-10-15;;/h1-9,11-12H,13H2;1H3;/q2*-1;. The molecule has 101 valence electrons. The molecule has 19 heavy (non-hydrogen) atoms. The van der Waals surface area contributed by atoms with Crippen LogP contribution in [0.3, 0.4) is 0 Å². The van der Waals surface area contributed by atoms with E-state index in [1.807, 2.05) is 24.3 Å². The van der Waals surface area contributed by atoms with E-state index in [9.17, 15) is 0 Å². The second-order valence-electron chi connectivity index (χ2n) is 3.96. The minimum atomic E-state index is 0. The second kappa shape index (κ2) is 7.13. The molecule has 1 aliphatic rings. The molecule has 0 aliphatic carbocycles. The molecule has 2 aromatic rings. The van der Waals surface area contributed by atoms with E-state index < -0.39 is 0 Å². The van der Waals surface area contributed by atoms with E-state index >= 15 is 0 Å². The third kappa shape index (κ3) is 3.46. The van der Waals surface area contributed by atoms with E-state index in [-0.39, 0.29) is 27.5 Å². The van der Waals surface area contributed by atoms with Crippen LogP contribution in [-0.2, 0) is 20.1 Å². The van der Waals surface area contributed by atoms with Crippen molar-refractivity contribution in [2.75, 3.05) is 16.5 Å². The van der Waals surface area contributed by atoms with Gasteiger partial charge in [0, 0.05) is 38.2 Å². The van der Waals surface area contributed by atoms with Crippen molar-refractivity contribution in [2.45, 2.75) is 0 Å². The summed E-state index contributed by atoms with van der Waals surface area (Å²) in [5.41, 5.74) is 2.31. The first-order valence-electron chi connectivity index (χ1n) is 5.67. The maximum atomic E-state index is 3.23. The second-order valence-corrected chi connectivity index (χ2v) is 3.96. The van der Waals surface area contributed by atoms with Crippen LogP contribution in [0.15, 0.2) is 67.0 Å². The Morgan fingerprint density at radius 1 is 0.842 bits per heavy atom. The zero-order chi connectivity index (χ0) is 11.5. The van der Waals surface area contributed by atoms with Crippen LogP contribution in [0.25, 0.3) is 0 Å². The van der Waals surface area contributed by atoms with Crippen molar-refractivity contribution in [3.63, 3.8) is 0 Å². The zero-order valence-corrected chi connectivity index (χ0v) is 13.2. The number of nitrogens with zero attached hydrogens (tertiary/aromatic N) is 2. The van der Waals surface area contributed by atoms with Gasteiger partial charge in [-0.3, -0.25) is 0 Å². The van der Waals surface area contributed by atoms with Gasteiger partial charge in [-0.05, 0) is 12.1 Å². The summed E-state index contributed by atoms with van der Waals surface area (Å²) in [5, 5.41) is 0. The van der Waals surface area contributed by atoms with Crippen molar-refractivity contribution >= 4 is 11.4 Å². The fourth-order valence-electron chi connectivity index (χ4n) is 1.93. The zero-order valence-electron chi connectivity index (χ0n) is 10.8. The Labute approximate surface area is 128 Å². The molecule has 2 nitrogen and oxygen atoms in total. The Morgan fingerprint density at radius 3 is 2.21 bits per heavy atom. The van der Waals surface area contributed by atoms with Gasteiger partial charge in [0.1, 0.15) is 0 Å². The summed E-state index contributed by atoms with van der Waals surface area (Å²) in [6.45, 7) is 0.838. The van der Waals surface area contributed by atoms with E-state index in [2.05, 4.69) is 58.6 Å². The molecule has 2 aromatic carbocycles. The molecule has 0 amide bonds. The van der Waals surface area contributed by atoms with Crippen LogP contribution in [0.5, 0.6) is 0 Å². The third-order valence-corrected chi connectivity index (χ3v) is 2.82. The van der Waals surface area contributed by atoms with E-state index in [4.69, 9.17) is 0 Å². The Bertz CT molecular complexity index is 463. The van der Waals surface area contributed by atoms with Gasteiger partial charge in [0.15, 0.2) is 0 Å². The molecular weight excluding hydrogens is 412 g/mol. The molecule has 0 saturated carbocycles. The van der Waals surface area contributed by atoms with Crippen molar-refractivity contribution < 1.29 is 20.1 Å². The molecule has 1 aliphatic heterocycles. The van der Waals surface area contributed by atoms with Gasteiger partial charge >= 0.3 is 0 Å². The van der Waals surface area contributed by atoms with Crippen molar-refractivity contribution in [3.8, 4) is 0 Å². The summed E-state index contributed by atoms with van der Waals surface area (Å²) in [5.74, 6) is 0. The predicted octanol–water partition coefficient (Wildman–Crippen LogP) is 3.69. The summed E-state index contributed by atoms with van der Waals surface area (Å²) in [4.78, 5) is 4.38. The quantitative estimate of drug-likeness (QED) is 0.674. The van der Waals surface area contributed by atoms with Gasteiger partial charge in [0.25, 0.3) is 0 Å². The van der Waals surface area contributed by atoms with Crippen molar-refractivity contribution in [3.05, 3.63) is 80.5 Å². The molecule has 0 saturated heterocycles. The molecule has 0 bridgehead atoms. The Kier molecular flexibility index (Phi) is 5.81. The molecule has 1 radical (unpaired) electrons. The maximum absolute atomic E-state index is 3.23. The number of hydrogen-bond acceptors (Lipinski definition) is 2. The van der Waals surface area contributed by atoms with Gasteiger partial charge in [-0.1, -0.05) is 23.9 Å². The van der Waals surface area contributed by atoms with E-state index in [1.54, 1.807) is 0 Å². The van der Waals surface area contributed by atoms with Crippen LogP contribution in [0, 0.1) is 13.5 Å². The average Bonchev–Trinajstić information content (AvgIpc) is 2.90. The summed E-state index contributed by atoms with van der Waals surface area (Å²) in [6.07, 6.45) is 4.18. The number of benzene rings is 2. The fraction of sp³-hybridized carbons (Fsp3) is 0.0625. The Morgan fingerprint density at radius 2 is 1.53 bits per heavy atom. The van der Waals surface area contributed by atoms with Gasteiger partial charge in [0.2, 0.25) is 0 Å². The van der Waals surface area contributed by atoms with Crippen molar-refractivity contribution in [1.82, 2.24) is 0 Å². The smallest absolute Gasteiger partial charge is 0.0966 e. The molecule has 0 aromatic heterocycles. The van der Waals surface area contributed by atoms with E-state index in [1.165, 1.54) is 5.69 Å². The van der Waals surface area contributed by atoms with Crippen LogP contribution in [0.1, 0.15) is 0 Å². The normalized spacial score (nSPS) is 12.8. The van der Waals surface area contributed by atoms with Crippen LogP contribution < -0.4 is 9.80 Å². The first-order valence-corrected chi connectivity index (χ1v) is 5.67. The molecule has 3 rings (SSSR count). The Hall–Kier alpha value is -1.57. The van der Waals surface area contributed by atoms with E-state index in [0.29, 0.717) is 0 Å². The molecule has 0 spiro atoms. The van der Waals surface area contributed by atoms with Gasteiger partial charge in [-0.15, -0.1) is 6.07 Å². The molecule has 0 fully saturated rings. The number of hydrogen-bond donors (Lipinski definition) is 0. The first-order chi connectivity index (χ1) is 8.43. The minimum Gasteiger partial charge on any atom is -0.358 e. The Balaban J connectivity index is 0.000000902. The van der Waals surface area contributed by atoms with Crippen LogP contribution >= 0.6 is 0 Å². The summed E-state index contributed by atoms with van der Waals surface area (Å²) >= 11 is 0. The van der Waals surface area contributed by atoms with Crippen molar-refractivity contribution in [2.24, 2.45) is 0 Å². The van der Waals surface area contributed by atoms with Gasteiger partial charge < -0.3 is 17.2 Å². The molecular formula is C16H16IrN2-2. The molecule has 0 unspecified atom stereocenters. The molecule has 1 heterocycles. The maximum Gasteiger partial charge on any atom is 0.0966 e. The van der Waals surface area contributed by atoms with Gasteiger partial charge in [-0.2, -0.15) is 24.3 Å². The number of rotatable bonds is 2. The topological polar surface area (TPSA) is 6.48 Å². The third-order valence-electron chi connectivity index (χ3n) is 2.82. The minimum absolute atomic E-state index is 0. The van der Waals surface area contributed by atoms with Crippen LogP contribution in [0.4, 0.5) is 11.4 Å². The van der Waals surface area contributed by atoms with Crippen LogP contribution in [-0.4, -0.2) is 6.67 Å². The number of para-hydroxylation sites is 2. The molecule has 3 heteroatoms. The average molecular weight is 429 g/mol. The van der Waals surface area contributed by atoms with Gasteiger partial charge in [0.05, 0.1) is 6.67 Å². The van der Waals surface area contributed by atoms with Crippen molar-refractivity contribution in [1.29, 1.82) is 0 Å². The monoisotopic (exact) mass is 429 g/mol. The summed E-state index contributed by atoms with van der Waals surface area (Å²) in [6, 6.07) is 21.6. The molecule has 0 N–H and O–H groups in total. The van der Waals surface area contributed by atoms with Crippen LogP contribution in [0.2, 0.25) is 0 Å². The van der Waals surface area contributed by atoms with Gasteiger partial charge in [-0.25, -0.2) is 0 Å². The van der Waals surface area contributed by atoms with E-state index in [0.717, 1.165) is 12.4 Å². The SMILES string of the molecule is [CH3-].[Ir].[c-]1ccccc1N1C=CN(c2ccccc2)C1.